The summed E-state index contributed by atoms with van der Waals surface area (Å²) < 4.78 is 0.892. The maximum absolute atomic E-state index is 6.02. The number of nitrogens with one attached hydrogen (secondary N) is 1. The highest BCUT2D eigenvalue weighted by Gasteiger charge is 2.33. The van der Waals surface area contributed by atoms with Crippen LogP contribution in [0.3, 0.4) is 0 Å². The predicted octanol–water partition coefficient (Wildman–Crippen LogP) is 3.75. The minimum Gasteiger partial charge on any atom is -0.311 e. The third kappa shape index (κ3) is 3.47. The van der Waals surface area contributed by atoms with E-state index in [1.165, 1.54) is 17.7 Å². The van der Waals surface area contributed by atoms with E-state index in [-0.39, 0.29) is 5.54 Å². The largest absolute Gasteiger partial charge is 0.311 e. The number of nitrogens with zero attached hydrogens (tertiary/aromatic N) is 1. The Morgan fingerprint density at radius 3 is 2.89 bits per heavy atom. The van der Waals surface area contributed by atoms with Crippen LogP contribution >= 0.6 is 22.9 Å². The van der Waals surface area contributed by atoms with Crippen molar-refractivity contribution in [2.24, 2.45) is 0 Å². The minimum atomic E-state index is 0.223. The van der Waals surface area contributed by atoms with Gasteiger partial charge in [-0.05, 0) is 32.4 Å². The zero-order valence-electron chi connectivity index (χ0n) is 11.5. The summed E-state index contributed by atoms with van der Waals surface area (Å²) in [5.41, 5.74) is 0.223. The van der Waals surface area contributed by atoms with Crippen LogP contribution in [0.25, 0.3) is 0 Å². The number of piperazine rings is 1. The Hall–Kier alpha value is -0.0900. The van der Waals surface area contributed by atoms with Crippen molar-refractivity contribution in [1.29, 1.82) is 0 Å². The lowest BCUT2D eigenvalue weighted by Gasteiger charge is -2.46. The first-order valence-electron chi connectivity index (χ1n) is 6.74. The molecule has 2 nitrogen and oxygen atoms in total. The van der Waals surface area contributed by atoms with E-state index in [2.05, 4.69) is 37.1 Å². The Morgan fingerprint density at radius 1 is 1.50 bits per heavy atom. The van der Waals surface area contributed by atoms with Gasteiger partial charge in [-0.15, -0.1) is 11.3 Å². The smallest absolute Gasteiger partial charge is 0.0931 e. The maximum atomic E-state index is 6.02. The highest BCUT2D eigenvalue weighted by atomic mass is 35.5. The van der Waals surface area contributed by atoms with E-state index in [4.69, 9.17) is 11.6 Å². The predicted molar refractivity (Wildman–Crippen MR) is 80.5 cm³/mol. The molecule has 0 radical (unpaired) electrons. The molecule has 1 fully saturated rings. The van der Waals surface area contributed by atoms with E-state index in [1.807, 2.05) is 6.07 Å². The van der Waals surface area contributed by atoms with Gasteiger partial charge in [0.1, 0.15) is 0 Å². The Morgan fingerprint density at radius 2 is 2.28 bits per heavy atom. The first-order chi connectivity index (χ1) is 8.51. The van der Waals surface area contributed by atoms with Gasteiger partial charge in [-0.3, -0.25) is 4.90 Å². The Balaban J connectivity index is 2.02. The average Bonchev–Trinajstić information content (AvgIpc) is 2.70. The van der Waals surface area contributed by atoms with Crippen molar-refractivity contribution in [3.05, 3.63) is 21.3 Å². The molecular formula is C14H23ClN2S. The van der Waals surface area contributed by atoms with Gasteiger partial charge in [-0.25, -0.2) is 0 Å². The fourth-order valence-corrected chi connectivity index (χ4v) is 3.63. The second-order valence-corrected chi connectivity index (χ2v) is 7.56. The van der Waals surface area contributed by atoms with Crippen LogP contribution in [0.5, 0.6) is 0 Å². The van der Waals surface area contributed by atoms with Crippen LogP contribution in [0.2, 0.25) is 4.34 Å². The molecule has 0 aromatic carbocycles. The van der Waals surface area contributed by atoms with E-state index in [0.29, 0.717) is 6.04 Å². The molecule has 1 saturated heterocycles. The number of hydrogen-bond donors (Lipinski definition) is 1. The SMILES string of the molecule is CCCC1CN(Cc2ccc(Cl)s2)C(C)(C)CN1. The second kappa shape index (κ2) is 5.91. The number of thiophene rings is 1. The van der Waals surface area contributed by atoms with E-state index in [1.54, 1.807) is 11.3 Å². The van der Waals surface area contributed by atoms with Gasteiger partial charge < -0.3 is 5.32 Å². The Kier molecular flexibility index (Phi) is 4.70. The first kappa shape index (κ1) is 14.3. The summed E-state index contributed by atoms with van der Waals surface area (Å²) in [6, 6.07) is 4.79. The van der Waals surface area contributed by atoms with Gasteiger partial charge in [0.25, 0.3) is 0 Å². The summed E-state index contributed by atoms with van der Waals surface area (Å²) in [5, 5.41) is 3.67. The standard InChI is InChI=1S/C14H23ClN2S/c1-4-5-11-8-17(14(2,3)10-16-11)9-12-6-7-13(15)18-12/h6-7,11,16H,4-5,8-10H2,1-3H3. The van der Waals surface area contributed by atoms with Crippen LogP contribution in [0.1, 0.15) is 38.5 Å². The highest BCUT2D eigenvalue weighted by molar-refractivity contribution is 7.16. The van der Waals surface area contributed by atoms with Gasteiger partial charge >= 0.3 is 0 Å². The van der Waals surface area contributed by atoms with Crippen molar-refractivity contribution in [3.8, 4) is 0 Å². The van der Waals surface area contributed by atoms with Gasteiger partial charge in [-0.2, -0.15) is 0 Å². The molecule has 4 heteroatoms. The fraction of sp³-hybridized carbons (Fsp3) is 0.714. The second-order valence-electron chi connectivity index (χ2n) is 5.77. The highest BCUT2D eigenvalue weighted by Crippen LogP contribution is 2.27. The normalized spacial score (nSPS) is 24.3. The lowest BCUT2D eigenvalue weighted by atomic mass is 9.96. The molecule has 2 heterocycles. The molecule has 0 saturated carbocycles. The zero-order chi connectivity index (χ0) is 13.2. The molecule has 1 N–H and O–H groups in total. The molecule has 1 unspecified atom stereocenters. The average molecular weight is 287 g/mol. The summed E-state index contributed by atoms with van der Waals surface area (Å²) in [7, 11) is 0. The topological polar surface area (TPSA) is 15.3 Å². The molecule has 1 aromatic heterocycles. The van der Waals surface area contributed by atoms with Crippen LogP contribution in [0.4, 0.5) is 0 Å². The van der Waals surface area contributed by atoms with E-state index >= 15 is 0 Å². The van der Waals surface area contributed by atoms with Crippen LogP contribution in [-0.4, -0.2) is 29.6 Å². The third-order valence-corrected chi connectivity index (χ3v) is 4.95. The van der Waals surface area contributed by atoms with E-state index in [9.17, 15) is 0 Å². The van der Waals surface area contributed by atoms with Gasteiger partial charge in [0.15, 0.2) is 0 Å². The summed E-state index contributed by atoms with van der Waals surface area (Å²) >= 11 is 7.72. The molecule has 0 spiro atoms. The third-order valence-electron chi connectivity index (χ3n) is 3.73. The molecule has 102 valence electrons. The van der Waals surface area contributed by atoms with Crippen molar-refractivity contribution in [1.82, 2.24) is 10.2 Å². The molecule has 1 atom stereocenters. The van der Waals surface area contributed by atoms with Gasteiger partial charge in [0.2, 0.25) is 0 Å². The summed E-state index contributed by atoms with van der Waals surface area (Å²) in [4.78, 5) is 3.96. The van der Waals surface area contributed by atoms with Gasteiger partial charge in [0, 0.05) is 36.1 Å². The monoisotopic (exact) mass is 286 g/mol. The maximum Gasteiger partial charge on any atom is 0.0931 e. The first-order valence-corrected chi connectivity index (χ1v) is 7.93. The van der Waals surface area contributed by atoms with Crippen LogP contribution in [0.15, 0.2) is 12.1 Å². The molecule has 0 amide bonds. The molecule has 1 aliphatic rings. The Bertz CT molecular complexity index is 389. The van der Waals surface area contributed by atoms with E-state index in [0.717, 1.165) is 24.0 Å². The molecule has 1 aliphatic heterocycles. The summed E-state index contributed by atoms with van der Waals surface area (Å²) in [6.07, 6.45) is 2.51. The number of hydrogen-bond acceptors (Lipinski definition) is 3. The zero-order valence-corrected chi connectivity index (χ0v) is 13.1. The van der Waals surface area contributed by atoms with Gasteiger partial charge in [-0.1, -0.05) is 24.9 Å². The molecular weight excluding hydrogens is 264 g/mol. The number of halogens is 1. The number of rotatable bonds is 4. The Labute approximate surface area is 119 Å². The molecule has 18 heavy (non-hydrogen) atoms. The fourth-order valence-electron chi connectivity index (χ4n) is 2.53. The van der Waals surface area contributed by atoms with E-state index < -0.39 is 0 Å². The molecule has 1 aromatic rings. The lowest BCUT2D eigenvalue weighted by molar-refractivity contribution is 0.0573. The minimum absolute atomic E-state index is 0.223. The van der Waals surface area contributed by atoms with Crippen molar-refractivity contribution >= 4 is 22.9 Å². The quantitative estimate of drug-likeness (QED) is 0.907. The van der Waals surface area contributed by atoms with Crippen LogP contribution in [0, 0.1) is 0 Å². The summed E-state index contributed by atoms with van der Waals surface area (Å²) in [5.74, 6) is 0. The van der Waals surface area contributed by atoms with Crippen molar-refractivity contribution in [3.63, 3.8) is 0 Å². The van der Waals surface area contributed by atoms with Crippen molar-refractivity contribution in [2.75, 3.05) is 13.1 Å². The van der Waals surface area contributed by atoms with Crippen molar-refractivity contribution in [2.45, 2.75) is 51.7 Å². The van der Waals surface area contributed by atoms with Crippen LogP contribution in [-0.2, 0) is 6.54 Å². The van der Waals surface area contributed by atoms with Gasteiger partial charge in [0.05, 0.1) is 4.34 Å². The van der Waals surface area contributed by atoms with Crippen LogP contribution < -0.4 is 5.32 Å². The molecule has 2 rings (SSSR count). The molecule has 0 bridgehead atoms. The van der Waals surface area contributed by atoms with Crippen molar-refractivity contribution < 1.29 is 0 Å². The molecule has 0 aliphatic carbocycles. The summed E-state index contributed by atoms with van der Waals surface area (Å²) in [6.45, 7) is 10.1. The lowest BCUT2D eigenvalue weighted by Crippen LogP contribution is -2.61.